The van der Waals surface area contributed by atoms with Crippen LogP contribution in [0.2, 0.25) is 5.02 Å². The van der Waals surface area contributed by atoms with Crippen LogP contribution in [0.4, 0.5) is 0 Å². The predicted molar refractivity (Wildman–Crippen MR) is 93.1 cm³/mol. The van der Waals surface area contributed by atoms with Crippen LogP contribution in [-0.2, 0) is 0 Å². The van der Waals surface area contributed by atoms with Gasteiger partial charge in [0, 0.05) is 10.9 Å². The Morgan fingerprint density at radius 3 is 2.38 bits per heavy atom. The third-order valence-corrected chi connectivity index (χ3v) is 4.72. The molecule has 0 aliphatic carbocycles. The van der Waals surface area contributed by atoms with E-state index in [-0.39, 0.29) is 6.04 Å². The number of hydrogen-bond acceptors (Lipinski definition) is 1. The number of nitrogens with one attached hydrogen (secondary N) is 1. The van der Waals surface area contributed by atoms with E-state index in [0.717, 1.165) is 22.9 Å². The van der Waals surface area contributed by atoms with Crippen molar-refractivity contribution in [2.24, 2.45) is 0 Å². The summed E-state index contributed by atoms with van der Waals surface area (Å²) in [6, 6.07) is 16.7. The Kier molecular flexibility index (Phi) is 4.27. The van der Waals surface area contributed by atoms with E-state index in [4.69, 9.17) is 23.8 Å². The van der Waals surface area contributed by atoms with E-state index >= 15 is 0 Å². The van der Waals surface area contributed by atoms with E-state index in [1.54, 1.807) is 0 Å². The molecular formula is C18H18ClNS. The van der Waals surface area contributed by atoms with E-state index in [1.165, 1.54) is 16.7 Å². The molecule has 1 aliphatic heterocycles. The lowest BCUT2D eigenvalue weighted by atomic mass is 9.82. The Morgan fingerprint density at radius 1 is 1.05 bits per heavy atom. The van der Waals surface area contributed by atoms with E-state index in [0.29, 0.717) is 5.92 Å². The molecule has 2 atom stereocenters. The van der Waals surface area contributed by atoms with Crippen LogP contribution in [0.15, 0.2) is 48.5 Å². The molecule has 21 heavy (non-hydrogen) atoms. The standard InChI is InChI=1S/C18H18ClNS/c1-2-5-16-14-6-3-4-7-15(14)17(20-18(16)21)12-8-10-13(19)11-9-12/h3-4,6-11,16-17H,2,5H2,1H3,(H,20,21). The average molecular weight is 316 g/mol. The number of halogens is 1. The smallest absolute Gasteiger partial charge is 0.0836 e. The molecule has 0 fully saturated rings. The van der Waals surface area contributed by atoms with Crippen molar-refractivity contribution in [1.82, 2.24) is 5.32 Å². The summed E-state index contributed by atoms with van der Waals surface area (Å²) in [6.45, 7) is 2.20. The Morgan fingerprint density at radius 2 is 1.71 bits per heavy atom. The van der Waals surface area contributed by atoms with Gasteiger partial charge in [-0.15, -0.1) is 0 Å². The van der Waals surface area contributed by atoms with Gasteiger partial charge in [0.25, 0.3) is 0 Å². The molecule has 1 nitrogen and oxygen atoms in total. The van der Waals surface area contributed by atoms with Gasteiger partial charge in [0.15, 0.2) is 0 Å². The zero-order chi connectivity index (χ0) is 14.8. The summed E-state index contributed by atoms with van der Waals surface area (Å²) in [5.41, 5.74) is 3.89. The van der Waals surface area contributed by atoms with E-state index in [2.05, 4.69) is 48.6 Å². The van der Waals surface area contributed by atoms with Crippen molar-refractivity contribution in [3.05, 3.63) is 70.2 Å². The zero-order valence-corrected chi connectivity index (χ0v) is 13.5. The van der Waals surface area contributed by atoms with Crippen LogP contribution in [0, 0.1) is 0 Å². The molecule has 3 rings (SSSR count). The van der Waals surface area contributed by atoms with Crippen molar-refractivity contribution in [3.63, 3.8) is 0 Å². The second-order valence-electron chi connectivity index (χ2n) is 5.46. The fraction of sp³-hybridized carbons (Fsp3) is 0.278. The van der Waals surface area contributed by atoms with Gasteiger partial charge >= 0.3 is 0 Å². The first-order chi connectivity index (χ1) is 10.2. The molecule has 2 unspecified atom stereocenters. The third kappa shape index (κ3) is 2.83. The number of thiocarbonyl (C=S) groups is 1. The molecule has 1 heterocycles. The van der Waals surface area contributed by atoms with Crippen LogP contribution >= 0.6 is 23.8 Å². The topological polar surface area (TPSA) is 12.0 Å². The predicted octanol–water partition coefficient (Wildman–Crippen LogP) is 5.24. The van der Waals surface area contributed by atoms with E-state index in [9.17, 15) is 0 Å². The summed E-state index contributed by atoms with van der Waals surface area (Å²) in [4.78, 5) is 0.954. The fourth-order valence-corrected chi connectivity index (χ4v) is 3.54. The van der Waals surface area contributed by atoms with Gasteiger partial charge in [0.2, 0.25) is 0 Å². The largest absolute Gasteiger partial charge is 0.368 e. The van der Waals surface area contributed by atoms with Gasteiger partial charge in [0.05, 0.1) is 11.0 Å². The second-order valence-corrected chi connectivity index (χ2v) is 6.34. The Labute approximate surface area is 136 Å². The lowest BCUT2D eigenvalue weighted by molar-refractivity contribution is 0.644. The highest BCUT2D eigenvalue weighted by Gasteiger charge is 2.30. The third-order valence-electron chi connectivity index (χ3n) is 4.07. The van der Waals surface area contributed by atoms with Gasteiger partial charge < -0.3 is 5.32 Å². The maximum atomic E-state index is 6.00. The summed E-state index contributed by atoms with van der Waals surface area (Å²) in [6.07, 6.45) is 2.22. The van der Waals surface area contributed by atoms with E-state index in [1.807, 2.05) is 12.1 Å². The molecule has 0 spiro atoms. The van der Waals surface area contributed by atoms with Gasteiger partial charge in [0.1, 0.15) is 0 Å². The number of benzene rings is 2. The number of rotatable bonds is 3. The van der Waals surface area contributed by atoms with Gasteiger partial charge in [-0.05, 0) is 35.2 Å². The highest BCUT2D eigenvalue weighted by Crippen LogP contribution is 2.37. The quantitative estimate of drug-likeness (QED) is 0.777. The maximum Gasteiger partial charge on any atom is 0.0836 e. The first-order valence-corrected chi connectivity index (χ1v) is 8.14. The van der Waals surface area contributed by atoms with Gasteiger partial charge in [-0.25, -0.2) is 0 Å². The molecule has 0 aromatic heterocycles. The SMILES string of the molecule is CCCC1C(=S)NC(c2ccc(Cl)cc2)c2ccccc21. The first kappa shape index (κ1) is 14.6. The van der Waals surface area contributed by atoms with Gasteiger partial charge in [-0.2, -0.15) is 0 Å². The Bertz CT molecular complexity index is 651. The van der Waals surface area contributed by atoms with Crippen molar-refractivity contribution >= 4 is 28.8 Å². The highest BCUT2D eigenvalue weighted by atomic mass is 35.5. The lowest BCUT2D eigenvalue weighted by Crippen LogP contribution is -2.37. The maximum absolute atomic E-state index is 6.00. The van der Waals surface area contributed by atoms with Gasteiger partial charge in [-0.1, -0.05) is 73.6 Å². The molecular weight excluding hydrogens is 298 g/mol. The number of fused-ring (bicyclic) bond motifs is 1. The molecule has 1 N–H and O–H groups in total. The summed E-state index contributed by atoms with van der Waals surface area (Å²) in [7, 11) is 0. The Balaban J connectivity index is 2.05. The zero-order valence-electron chi connectivity index (χ0n) is 12.0. The minimum Gasteiger partial charge on any atom is -0.368 e. The van der Waals surface area contributed by atoms with Crippen LogP contribution in [0.5, 0.6) is 0 Å². The molecule has 108 valence electrons. The molecule has 0 saturated carbocycles. The van der Waals surface area contributed by atoms with Crippen molar-refractivity contribution in [3.8, 4) is 0 Å². The van der Waals surface area contributed by atoms with E-state index < -0.39 is 0 Å². The van der Waals surface area contributed by atoms with Crippen molar-refractivity contribution in [1.29, 1.82) is 0 Å². The first-order valence-electron chi connectivity index (χ1n) is 7.35. The molecule has 3 heteroatoms. The number of hydrogen-bond donors (Lipinski definition) is 1. The summed E-state index contributed by atoms with van der Waals surface area (Å²) >= 11 is 11.6. The van der Waals surface area contributed by atoms with Crippen molar-refractivity contribution < 1.29 is 0 Å². The molecule has 2 aromatic carbocycles. The molecule has 0 amide bonds. The minimum atomic E-state index is 0.124. The van der Waals surface area contributed by atoms with Crippen molar-refractivity contribution in [2.75, 3.05) is 0 Å². The van der Waals surface area contributed by atoms with Crippen LogP contribution in [0.1, 0.15) is 48.4 Å². The monoisotopic (exact) mass is 315 g/mol. The van der Waals surface area contributed by atoms with Crippen LogP contribution in [-0.4, -0.2) is 4.99 Å². The molecule has 1 aliphatic rings. The summed E-state index contributed by atoms with van der Waals surface area (Å²) in [5.74, 6) is 0.338. The van der Waals surface area contributed by atoms with Crippen LogP contribution < -0.4 is 5.32 Å². The summed E-state index contributed by atoms with van der Waals surface area (Å²) in [5, 5.41) is 4.29. The molecule has 0 radical (unpaired) electrons. The second kappa shape index (κ2) is 6.17. The molecule has 0 bridgehead atoms. The minimum absolute atomic E-state index is 0.124. The molecule has 2 aromatic rings. The van der Waals surface area contributed by atoms with Crippen LogP contribution in [0.3, 0.4) is 0 Å². The normalized spacial score (nSPS) is 20.8. The lowest BCUT2D eigenvalue weighted by Gasteiger charge is -2.34. The van der Waals surface area contributed by atoms with Crippen LogP contribution in [0.25, 0.3) is 0 Å². The van der Waals surface area contributed by atoms with Gasteiger partial charge in [-0.3, -0.25) is 0 Å². The fourth-order valence-electron chi connectivity index (χ4n) is 3.05. The Hall–Kier alpha value is -1.38. The van der Waals surface area contributed by atoms with Crippen molar-refractivity contribution in [2.45, 2.75) is 31.7 Å². The molecule has 0 saturated heterocycles. The summed E-state index contributed by atoms with van der Waals surface area (Å²) < 4.78 is 0. The average Bonchev–Trinajstić information content (AvgIpc) is 2.51. The highest BCUT2D eigenvalue weighted by molar-refractivity contribution is 7.80.